The maximum atomic E-state index is 12.8. The van der Waals surface area contributed by atoms with E-state index in [0.717, 1.165) is 77.0 Å². The van der Waals surface area contributed by atoms with Gasteiger partial charge in [0.15, 0.2) is 6.10 Å². The molecule has 6 nitrogen and oxygen atoms in total. The summed E-state index contributed by atoms with van der Waals surface area (Å²) in [6, 6.07) is 0. The predicted molar refractivity (Wildman–Crippen MR) is 279 cm³/mol. The summed E-state index contributed by atoms with van der Waals surface area (Å²) in [6.07, 6.45) is 71.8. The zero-order valence-electron chi connectivity index (χ0n) is 41.7. The Morgan fingerprint density at radius 2 is 0.600 bits per heavy atom. The number of esters is 3. The highest BCUT2D eigenvalue weighted by Crippen LogP contribution is 2.15. The third kappa shape index (κ3) is 50.7. The highest BCUT2D eigenvalue weighted by Gasteiger charge is 2.19. The number of carbonyl (C=O) groups is 3. The summed E-state index contributed by atoms with van der Waals surface area (Å²) < 4.78 is 16.7. The smallest absolute Gasteiger partial charge is 0.306 e. The molecule has 366 valence electrons. The molecule has 0 aliphatic carbocycles. The Hall–Kier alpha value is -4.19. The summed E-state index contributed by atoms with van der Waals surface area (Å²) in [7, 11) is 0. The fourth-order valence-corrected chi connectivity index (χ4v) is 6.84. The van der Waals surface area contributed by atoms with Gasteiger partial charge in [0, 0.05) is 19.3 Å². The van der Waals surface area contributed by atoms with Gasteiger partial charge in [0.1, 0.15) is 13.2 Å². The second-order valence-corrected chi connectivity index (χ2v) is 16.9. The van der Waals surface area contributed by atoms with Crippen LogP contribution in [0, 0.1) is 0 Å². The van der Waals surface area contributed by atoms with Crippen molar-refractivity contribution < 1.29 is 28.6 Å². The van der Waals surface area contributed by atoms with E-state index < -0.39 is 6.10 Å². The van der Waals surface area contributed by atoms with Crippen molar-refractivity contribution in [3.63, 3.8) is 0 Å². The molecular weight excluding hydrogens is 805 g/mol. The number of hydrogen-bond acceptors (Lipinski definition) is 6. The fourth-order valence-electron chi connectivity index (χ4n) is 6.84. The number of rotatable bonds is 45. The van der Waals surface area contributed by atoms with E-state index in [1.165, 1.54) is 89.9 Å². The second kappa shape index (κ2) is 52.4. The molecular formula is C59H94O6. The monoisotopic (exact) mass is 899 g/mol. The molecule has 0 saturated heterocycles. The van der Waals surface area contributed by atoms with Crippen LogP contribution < -0.4 is 0 Å². The van der Waals surface area contributed by atoms with E-state index in [-0.39, 0.29) is 37.5 Å². The summed E-state index contributed by atoms with van der Waals surface area (Å²) >= 11 is 0. The SMILES string of the molecule is CC\C=C/C=C\C=C/C=C\C=C/CCCCCC(=O)OCC(COC(=O)CCCCCCCCCCCCCCCCCCC)OC(=O)CCCCC\C=C/C=C\C=C/C=C\C=C/CC. The van der Waals surface area contributed by atoms with Gasteiger partial charge in [0.05, 0.1) is 0 Å². The van der Waals surface area contributed by atoms with Gasteiger partial charge in [-0.1, -0.05) is 258 Å². The molecule has 0 bridgehead atoms. The van der Waals surface area contributed by atoms with E-state index in [2.05, 4.69) is 45.1 Å². The maximum Gasteiger partial charge on any atom is 0.306 e. The van der Waals surface area contributed by atoms with E-state index in [0.29, 0.717) is 19.3 Å². The van der Waals surface area contributed by atoms with Gasteiger partial charge < -0.3 is 14.2 Å². The quantitative estimate of drug-likeness (QED) is 0.0262. The lowest BCUT2D eigenvalue weighted by molar-refractivity contribution is -0.167. The summed E-state index contributed by atoms with van der Waals surface area (Å²) in [4.78, 5) is 38.0. The third-order valence-electron chi connectivity index (χ3n) is 10.7. The molecule has 1 atom stereocenters. The van der Waals surface area contributed by atoms with Crippen LogP contribution in [-0.2, 0) is 28.6 Å². The molecule has 0 aromatic rings. The molecule has 0 aromatic heterocycles. The number of ether oxygens (including phenoxy) is 3. The van der Waals surface area contributed by atoms with Crippen LogP contribution in [0.2, 0.25) is 0 Å². The van der Waals surface area contributed by atoms with Crippen molar-refractivity contribution in [2.75, 3.05) is 13.2 Å². The van der Waals surface area contributed by atoms with Crippen molar-refractivity contribution in [1.82, 2.24) is 0 Å². The van der Waals surface area contributed by atoms with Crippen LogP contribution in [0.3, 0.4) is 0 Å². The first-order valence-electron chi connectivity index (χ1n) is 26.2. The van der Waals surface area contributed by atoms with Gasteiger partial charge in [-0.15, -0.1) is 0 Å². The molecule has 0 N–H and O–H groups in total. The number of allylic oxidation sites excluding steroid dienone is 20. The van der Waals surface area contributed by atoms with E-state index in [1.54, 1.807) is 0 Å². The zero-order chi connectivity index (χ0) is 47.2. The zero-order valence-corrected chi connectivity index (χ0v) is 41.7. The van der Waals surface area contributed by atoms with Crippen LogP contribution >= 0.6 is 0 Å². The molecule has 0 rings (SSSR count). The molecule has 0 aromatic carbocycles. The van der Waals surface area contributed by atoms with Gasteiger partial charge in [0.2, 0.25) is 0 Å². The highest BCUT2D eigenvalue weighted by atomic mass is 16.6. The van der Waals surface area contributed by atoms with Gasteiger partial charge in [-0.3, -0.25) is 14.4 Å². The normalized spacial score (nSPS) is 13.1. The van der Waals surface area contributed by atoms with Crippen molar-refractivity contribution in [3.8, 4) is 0 Å². The Labute approximate surface area is 399 Å². The highest BCUT2D eigenvalue weighted by molar-refractivity contribution is 5.71. The lowest BCUT2D eigenvalue weighted by Crippen LogP contribution is -2.30. The van der Waals surface area contributed by atoms with Gasteiger partial charge in [-0.25, -0.2) is 0 Å². The fraction of sp³-hybridized carbons (Fsp3) is 0.610. The minimum absolute atomic E-state index is 0.111. The number of hydrogen-bond donors (Lipinski definition) is 0. The molecule has 1 unspecified atom stereocenters. The largest absolute Gasteiger partial charge is 0.462 e. The van der Waals surface area contributed by atoms with Crippen LogP contribution in [0.1, 0.15) is 213 Å². The van der Waals surface area contributed by atoms with Crippen molar-refractivity contribution in [1.29, 1.82) is 0 Å². The standard InChI is InChI=1S/C59H94O6/c1-4-7-10-13-16-19-22-25-28-29-32-34-37-40-43-46-49-52-58(61)64-55-56(65-59(62)53-50-47-44-41-38-35-31-27-24-21-18-15-12-9-6-3)54-63-57(60)51-48-45-42-39-36-33-30-26-23-20-17-14-11-8-5-2/h8-9,11-12,14-15,17-18,20-21,23-24,26-27,30-31,33,35-36,38,56H,4-7,10,13,16,19,22,25,28-29,32,34,37,39-55H2,1-3H3/b11-8-,12-9-,17-14-,18-15-,23-20-,24-21-,30-26-,31-27-,36-33-,38-35-. The Balaban J connectivity index is 4.53. The van der Waals surface area contributed by atoms with Crippen molar-refractivity contribution in [3.05, 3.63) is 122 Å². The van der Waals surface area contributed by atoms with Gasteiger partial charge >= 0.3 is 17.9 Å². The molecule has 0 spiro atoms. The summed E-state index contributed by atoms with van der Waals surface area (Å²) in [5, 5.41) is 0. The van der Waals surface area contributed by atoms with Gasteiger partial charge in [-0.2, -0.15) is 0 Å². The Kier molecular flexibility index (Phi) is 49.1. The molecule has 0 amide bonds. The van der Waals surface area contributed by atoms with E-state index in [9.17, 15) is 14.4 Å². The molecule has 0 saturated carbocycles. The van der Waals surface area contributed by atoms with E-state index in [1.807, 2.05) is 97.2 Å². The second-order valence-electron chi connectivity index (χ2n) is 16.9. The van der Waals surface area contributed by atoms with Crippen LogP contribution in [0.25, 0.3) is 0 Å². The molecule has 6 heteroatoms. The van der Waals surface area contributed by atoms with Crippen LogP contribution in [0.5, 0.6) is 0 Å². The van der Waals surface area contributed by atoms with Crippen LogP contribution in [0.4, 0.5) is 0 Å². The topological polar surface area (TPSA) is 78.9 Å². The van der Waals surface area contributed by atoms with Crippen molar-refractivity contribution in [2.24, 2.45) is 0 Å². The Morgan fingerprint density at radius 1 is 0.323 bits per heavy atom. The average Bonchev–Trinajstić information content (AvgIpc) is 3.30. The minimum atomic E-state index is -0.819. The summed E-state index contributed by atoms with van der Waals surface area (Å²) in [6.45, 7) is 6.27. The van der Waals surface area contributed by atoms with E-state index in [4.69, 9.17) is 14.2 Å². The summed E-state index contributed by atoms with van der Waals surface area (Å²) in [5.41, 5.74) is 0. The summed E-state index contributed by atoms with van der Waals surface area (Å²) in [5.74, 6) is -1.00. The van der Waals surface area contributed by atoms with Gasteiger partial charge in [-0.05, 0) is 57.8 Å². The molecule has 0 fully saturated rings. The lowest BCUT2D eigenvalue weighted by Gasteiger charge is -2.18. The van der Waals surface area contributed by atoms with Crippen LogP contribution in [-0.4, -0.2) is 37.2 Å². The van der Waals surface area contributed by atoms with Crippen molar-refractivity contribution in [2.45, 2.75) is 219 Å². The molecule has 0 aliphatic heterocycles. The predicted octanol–water partition coefficient (Wildman–Crippen LogP) is 17.3. The van der Waals surface area contributed by atoms with Crippen LogP contribution in [0.15, 0.2) is 122 Å². The number of unbranched alkanes of at least 4 members (excludes halogenated alkanes) is 22. The molecule has 0 radical (unpaired) electrons. The third-order valence-corrected chi connectivity index (χ3v) is 10.7. The Bertz CT molecular complexity index is 1400. The average molecular weight is 899 g/mol. The van der Waals surface area contributed by atoms with Crippen molar-refractivity contribution >= 4 is 17.9 Å². The van der Waals surface area contributed by atoms with Gasteiger partial charge in [0.25, 0.3) is 0 Å². The first-order valence-corrected chi connectivity index (χ1v) is 26.2. The molecule has 0 heterocycles. The first kappa shape index (κ1) is 60.8. The first-order chi connectivity index (χ1) is 32.0. The molecule has 0 aliphatic rings. The maximum absolute atomic E-state index is 12.8. The molecule has 65 heavy (non-hydrogen) atoms. The minimum Gasteiger partial charge on any atom is -0.462 e. The Morgan fingerprint density at radius 3 is 0.938 bits per heavy atom. The lowest BCUT2D eigenvalue weighted by atomic mass is 10.0. The van der Waals surface area contributed by atoms with E-state index >= 15 is 0 Å². The number of carbonyl (C=O) groups excluding carboxylic acids is 3.